The summed E-state index contributed by atoms with van der Waals surface area (Å²) in [5.41, 5.74) is 1.98. The molecule has 1 saturated heterocycles. The van der Waals surface area contributed by atoms with E-state index in [2.05, 4.69) is 17.9 Å². The molecule has 0 N–H and O–H groups in total. The van der Waals surface area contributed by atoms with Crippen molar-refractivity contribution in [2.75, 3.05) is 11.4 Å². The van der Waals surface area contributed by atoms with Gasteiger partial charge in [0.2, 0.25) is 0 Å². The first-order chi connectivity index (χ1) is 6.81. The molecule has 0 saturated carbocycles. The summed E-state index contributed by atoms with van der Waals surface area (Å²) < 4.78 is 0. The van der Waals surface area contributed by atoms with Gasteiger partial charge in [0.1, 0.15) is 0 Å². The Kier molecular flexibility index (Phi) is 2.41. The predicted molar refractivity (Wildman–Crippen MR) is 57.2 cm³/mol. The lowest BCUT2D eigenvalue weighted by Gasteiger charge is -2.23. The number of hydrogen-bond donors (Lipinski definition) is 0. The molecule has 1 heterocycles. The molecule has 0 spiro atoms. The first-order valence-corrected chi connectivity index (χ1v) is 5.08. The van der Waals surface area contributed by atoms with E-state index in [9.17, 15) is 0 Å². The second-order valence-corrected chi connectivity index (χ2v) is 3.84. The second-order valence-electron chi connectivity index (χ2n) is 3.84. The maximum atomic E-state index is 8.68. The average Bonchev–Trinajstić information content (AvgIpc) is 2.65. The standard InChI is InChI=1S/C12H14N2/c1-10-3-2-8-14(10)12-6-4-11(9-13)5-7-12/h4-7,10H,2-3,8H2,1H3. The molecule has 14 heavy (non-hydrogen) atoms. The third kappa shape index (κ3) is 1.58. The Morgan fingerprint density at radius 1 is 1.36 bits per heavy atom. The molecule has 0 radical (unpaired) electrons. The molecule has 1 aromatic carbocycles. The molecule has 0 aromatic heterocycles. The fourth-order valence-electron chi connectivity index (χ4n) is 2.04. The number of benzene rings is 1. The van der Waals surface area contributed by atoms with Crippen molar-refractivity contribution in [3.63, 3.8) is 0 Å². The van der Waals surface area contributed by atoms with Crippen molar-refractivity contribution in [3.05, 3.63) is 29.8 Å². The summed E-state index contributed by atoms with van der Waals surface area (Å²) in [6.45, 7) is 3.40. The third-order valence-electron chi connectivity index (χ3n) is 2.88. The Labute approximate surface area is 84.8 Å². The Balaban J connectivity index is 2.21. The van der Waals surface area contributed by atoms with E-state index in [1.165, 1.54) is 18.5 Å². The summed E-state index contributed by atoms with van der Waals surface area (Å²) in [5, 5.41) is 8.68. The van der Waals surface area contributed by atoms with Crippen molar-refractivity contribution in [2.24, 2.45) is 0 Å². The summed E-state index contributed by atoms with van der Waals surface area (Å²) in [7, 11) is 0. The van der Waals surface area contributed by atoms with Gasteiger partial charge in [0.05, 0.1) is 11.6 Å². The summed E-state index contributed by atoms with van der Waals surface area (Å²) in [5.74, 6) is 0. The van der Waals surface area contributed by atoms with Crippen LogP contribution in [0.15, 0.2) is 24.3 Å². The molecule has 1 aromatic rings. The highest BCUT2D eigenvalue weighted by molar-refractivity contribution is 5.51. The number of nitrogens with zero attached hydrogens (tertiary/aromatic N) is 2. The molecule has 2 heteroatoms. The fourth-order valence-corrected chi connectivity index (χ4v) is 2.04. The van der Waals surface area contributed by atoms with Gasteiger partial charge in [0.15, 0.2) is 0 Å². The van der Waals surface area contributed by atoms with Crippen LogP contribution in [0.2, 0.25) is 0 Å². The van der Waals surface area contributed by atoms with Crippen molar-refractivity contribution < 1.29 is 0 Å². The maximum absolute atomic E-state index is 8.68. The van der Waals surface area contributed by atoms with Crippen molar-refractivity contribution in [1.29, 1.82) is 5.26 Å². The van der Waals surface area contributed by atoms with Crippen LogP contribution in [-0.4, -0.2) is 12.6 Å². The van der Waals surface area contributed by atoms with E-state index < -0.39 is 0 Å². The van der Waals surface area contributed by atoms with Gasteiger partial charge in [0.25, 0.3) is 0 Å². The molecule has 1 unspecified atom stereocenters. The highest BCUT2D eigenvalue weighted by Crippen LogP contribution is 2.25. The molecule has 0 aliphatic carbocycles. The molecule has 2 rings (SSSR count). The molecule has 0 amide bonds. The minimum atomic E-state index is 0.642. The van der Waals surface area contributed by atoms with Gasteiger partial charge < -0.3 is 4.90 Å². The number of hydrogen-bond acceptors (Lipinski definition) is 2. The number of anilines is 1. The third-order valence-corrected chi connectivity index (χ3v) is 2.88. The van der Waals surface area contributed by atoms with Crippen LogP contribution in [0.4, 0.5) is 5.69 Å². The van der Waals surface area contributed by atoms with E-state index in [0.29, 0.717) is 6.04 Å². The zero-order chi connectivity index (χ0) is 9.97. The predicted octanol–water partition coefficient (Wildman–Crippen LogP) is 2.55. The SMILES string of the molecule is CC1CCCN1c1ccc(C#N)cc1. The Bertz CT molecular complexity index is 348. The average molecular weight is 186 g/mol. The minimum absolute atomic E-state index is 0.642. The summed E-state index contributed by atoms with van der Waals surface area (Å²) >= 11 is 0. The lowest BCUT2D eigenvalue weighted by Crippen LogP contribution is -2.25. The Morgan fingerprint density at radius 3 is 2.57 bits per heavy atom. The molecule has 0 bridgehead atoms. The molecule has 1 atom stereocenters. The van der Waals surface area contributed by atoms with Crippen LogP contribution < -0.4 is 4.90 Å². The molecule has 72 valence electrons. The molecule has 1 aliphatic heterocycles. The topological polar surface area (TPSA) is 27.0 Å². The highest BCUT2D eigenvalue weighted by atomic mass is 15.2. The normalized spacial score (nSPS) is 20.9. The van der Waals surface area contributed by atoms with Crippen molar-refractivity contribution in [2.45, 2.75) is 25.8 Å². The Morgan fingerprint density at radius 2 is 2.07 bits per heavy atom. The molecule has 1 fully saturated rings. The molecular formula is C12H14N2. The number of rotatable bonds is 1. The first kappa shape index (κ1) is 9.08. The van der Waals surface area contributed by atoms with Gasteiger partial charge >= 0.3 is 0 Å². The van der Waals surface area contributed by atoms with Crippen molar-refractivity contribution in [1.82, 2.24) is 0 Å². The second kappa shape index (κ2) is 3.71. The van der Waals surface area contributed by atoms with Crippen molar-refractivity contribution >= 4 is 5.69 Å². The van der Waals surface area contributed by atoms with Gasteiger partial charge in [0, 0.05) is 18.3 Å². The van der Waals surface area contributed by atoms with Gasteiger partial charge in [-0.1, -0.05) is 0 Å². The van der Waals surface area contributed by atoms with Crippen LogP contribution in [0.25, 0.3) is 0 Å². The van der Waals surface area contributed by atoms with Crippen LogP contribution in [0, 0.1) is 11.3 Å². The summed E-state index contributed by atoms with van der Waals surface area (Å²) in [6, 6.07) is 10.6. The lowest BCUT2D eigenvalue weighted by atomic mass is 10.2. The maximum Gasteiger partial charge on any atom is 0.0991 e. The summed E-state index contributed by atoms with van der Waals surface area (Å²) in [4.78, 5) is 2.40. The summed E-state index contributed by atoms with van der Waals surface area (Å²) in [6.07, 6.45) is 2.56. The quantitative estimate of drug-likeness (QED) is 0.674. The highest BCUT2D eigenvalue weighted by Gasteiger charge is 2.19. The first-order valence-electron chi connectivity index (χ1n) is 5.08. The van der Waals surface area contributed by atoms with Gasteiger partial charge in [-0.05, 0) is 44.0 Å². The van der Waals surface area contributed by atoms with Gasteiger partial charge in [-0.2, -0.15) is 5.26 Å². The van der Waals surface area contributed by atoms with E-state index in [1.807, 2.05) is 24.3 Å². The van der Waals surface area contributed by atoms with Crippen LogP contribution in [-0.2, 0) is 0 Å². The van der Waals surface area contributed by atoms with Gasteiger partial charge in [-0.25, -0.2) is 0 Å². The molecular weight excluding hydrogens is 172 g/mol. The smallest absolute Gasteiger partial charge is 0.0991 e. The molecule has 2 nitrogen and oxygen atoms in total. The van der Waals surface area contributed by atoms with Gasteiger partial charge in [-0.15, -0.1) is 0 Å². The van der Waals surface area contributed by atoms with Crippen LogP contribution in [0.5, 0.6) is 0 Å². The zero-order valence-electron chi connectivity index (χ0n) is 8.40. The monoisotopic (exact) mass is 186 g/mol. The number of nitriles is 1. The lowest BCUT2D eigenvalue weighted by molar-refractivity contribution is 0.735. The van der Waals surface area contributed by atoms with Gasteiger partial charge in [-0.3, -0.25) is 0 Å². The van der Waals surface area contributed by atoms with E-state index in [0.717, 1.165) is 12.1 Å². The van der Waals surface area contributed by atoms with Crippen LogP contribution in [0.3, 0.4) is 0 Å². The van der Waals surface area contributed by atoms with Crippen LogP contribution >= 0.6 is 0 Å². The van der Waals surface area contributed by atoms with Crippen LogP contribution in [0.1, 0.15) is 25.3 Å². The van der Waals surface area contributed by atoms with Crippen molar-refractivity contribution in [3.8, 4) is 6.07 Å². The van der Waals surface area contributed by atoms with E-state index in [1.54, 1.807) is 0 Å². The largest absolute Gasteiger partial charge is 0.369 e. The van der Waals surface area contributed by atoms with E-state index >= 15 is 0 Å². The fraction of sp³-hybridized carbons (Fsp3) is 0.417. The minimum Gasteiger partial charge on any atom is -0.369 e. The van der Waals surface area contributed by atoms with E-state index in [-0.39, 0.29) is 0 Å². The Hall–Kier alpha value is -1.49. The zero-order valence-corrected chi connectivity index (χ0v) is 8.40. The molecule has 1 aliphatic rings. The van der Waals surface area contributed by atoms with E-state index in [4.69, 9.17) is 5.26 Å².